The highest BCUT2D eigenvalue weighted by Crippen LogP contribution is 2.28. The summed E-state index contributed by atoms with van der Waals surface area (Å²) in [6.45, 7) is 3.67. The van der Waals surface area contributed by atoms with Crippen molar-refractivity contribution >= 4 is 33.2 Å². The number of methoxy groups -OCH3 is 1. The molecule has 0 radical (unpaired) electrons. The molecule has 26 heavy (non-hydrogen) atoms. The Morgan fingerprint density at radius 3 is 2.42 bits per heavy atom. The van der Waals surface area contributed by atoms with Crippen molar-refractivity contribution in [2.45, 2.75) is 31.2 Å². The second kappa shape index (κ2) is 8.53. The lowest BCUT2D eigenvalue weighted by molar-refractivity contribution is 0.102. The monoisotopic (exact) mass is 396 g/mol. The van der Waals surface area contributed by atoms with Crippen LogP contribution in [-0.2, 0) is 10.0 Å². The number of rotatable bonds is 7. The summed E-state index contributed by atoms with van der Waals surface area (Å²) >= 11 is 5.82. The molecule has 0 aliphatic heterocycles. The summed E-state index contributed by atoms with van der Waals surface area (Å²) in [7, 11) is -2.26. The number of benzene rings is 2. The molecule has 0 spiro atoms. The Balaban J connectivity index is 2.32. The lowest BCUT2D eigenvalue weighted by Gasteiger charge is -2.15. The third-order valence-electron chi connectivity index (χ3n) is 3.80. The highest BCUT2D eigenvalue weighted by atomic mass is 35.5. The van der Waals surface area contributed by atoms with Gasteiger partial charge >= 0.3 is 0 Å². The van der Waals surface area contributed by atoms with Gasteiger partial charge in [-0.3, -0.25) is 4.79 Å². The van der Waals surface area contributed by atoms with E-state index in [1.165, 1.54) is 25.3 Å². The molecule has 0 saturated carbocycles. The molecule has 2 aromatic rings. The fraction of sp³-hybridized carbons (Fsp3) is 0.278. The molecule has 8 heteroatoms. The lowest BCUT2D eigenvalue weighted by atomic mass is 10.2. The van der Waals surface area contributed by atoms with Gasteiger partial charge in [0.2, 0.25) is 10.0 Å². The number of amides is 1. The average molecular weight is 397 g/mol. The van der Waals surface area contributed by atoms with E-state index < -0.39 is 15.9 Å². The number of ether oxygens (including phenoxy) is 1. The van der Waals surface area contributed by atoms with Gasteiger partial charge in [0.25, 0.3) is 5.91 Å². The molecule has 0 aromatic heterocycles. The Labute approximate surface area is 158 Å². The summed E-state index contributed by atoms with van der Waals surface area (Å²) in [6.07, 6.45) is 0.662. The van der Waals surface area contributed by atoms with Crippen LogP contribution in [0.4, 0.5) is 5.69 Å². The summed E-state index contributed by atoms with van der Waals surface area (Å²) in [6, 6.07) is 10.5. The molecule has 0 unspecified atom stereocenters. The smallest absolute Gasteiger partial charge is 0.255 e. The topological polar surface area (TPSA) is 84.5 Å². The van der Waals surface area contributed by atoms with Gasteiger partial charge in [-0.1, -0.05) is 18.5 Å². The van der Waals surface area contributed by atoms with Crippen molar-refractivity contribution in [1.29, 1.82) is 0 Å². The molecule has 6 nitrogen and oxygen atoms in total. The lowest BCUT2D eigenvalue weighted by Crippen LogP contribution is -2.32. The summed E-state index contributed by atoms with van der Waals surface area (Å²) < 4.78 is 32.7. The Bertz CT molecular complexity index is 883. The van der Waals surface area contributed by atoms with Crippen molar-refractivity contribution in [2.24, 2.45) is 0 Å². The highest BCUT2D eigenvalue weighted by molar-refractivity contribution is 7.89. The molecule has 2 N–H and O–H groups in total. The predicted molar refractivity (Wildman–Crippen MR) is 102 cm³/mol. The van der Waals surface area contributed by atoms with Crippen molar-refractivity contribution in [1.82, 2.24) is 4.72 Å². The number of carbonyl (C=O) groups excluding carboxylic acids is 1. The van der Waals surface area contributed by atoms with Gasteiger partial charge in [0.15, 0.2) is 0 Å². The number of halogens is 1. The zero-order valence-electron chi connectivity index (χ0n) is 14.7. The Kier molecular flexibility index (Phi) is 6.63. The predicted octanol–water partition coefficient (Wildman–Crippen LogP) is 3.68. The van der Waals surface area contributed by atoms with Crippen LogP contribution >= 0.6 is 11.6 Å². The maximum absolute atomic E-state index is 12.5. The Hall–Kier alpha value is -2.09. The van der Waals surface area contributed by atoms with Crippen molar-refractivity contribution in [3.63, 3.8) is 0 Å². The van der Waals surface area contributed by atoms with E-state index >= 15 is 0 Å². The molecule has 0 aliphatic rings. The standard InChI is InChI=1S/C18H21ClN2O4S/c1-4-12(2)21-26(23,24)15-9-10-17(25-3)16(11-15)20-18(22)13-5-7-14(19)8-6-13/h5-12,21H,4H2,1-3H3,(H,20,22)/t12-/m0/s1. The van der Waals surface area contributed by atoms with Gasteiger partial charge in [0, 0.05) is 16.6 Å². The van der Waals surface area contributed by atoms with E-state index in [0.717, 1.165) is 0 Å². The number of anilines is 1. The van der Waals surface area contributed by atoms with Crippen molar-refractivity contribution in [3.8, 4) is 5.75 Å². The van der Waals surface area contributed by atoms with Crippen LogP contribution < -0.4 is 14.8 Å². The minimum Gasteiger partial charge on any atom is -0.495 e. The third kappa shape index (κ3) is 4.97. The zero-order chi connectivity index (χ0) is 19.3. The zero-order valence-corrected chi connectivity index (χ0v) is 16.3. The van der Waals surface area contributed by atoms with Crippen molar-refractivity contribution < 1.29 is 17.9 Å². The van der Waals surface area contributed by atoms with Crippen LogP contribution in [0.15, 0.2) is 47.4 Å². The van der Waals surface area contributed by atoms with Gasteiger partial charge in [-0.2, -0.15) is 0 Å². The maximum Gasteiger partial charge on any atom is 0.255 e. The summed E-state index contributed by atoms with van der Waals surface area (Å²) in [5.41, 5.74) is 0.655. The molecule has 140 valence electrons. The molecular formula is C18H21ClN2O4S. The SMILES string of the molecule is CC[C@H](C)NS(=O)(=O)c1ccc(OC)c(NC(=O)c2ccc(Cl)cc2)c1. The quantitative estimate of drug-likeness (QED) is 0.747. The van der Waals surface area contributed by atoms with Gasteiger partial charge in [0.1, 0.15) is 5.75 Å². The number of hydrogen-bond acceptors (Lipinski definition) is 4. The Morgan fingerprint density at radius 2 is 1.85 bits per heavy atom. The maximum atomic E-state index is 12.5. The van der Waals surface area contributed by atoms with E-state index in [-0.39, 0.29) is 16.6 Å². The van der Waals surface area contributed by atoms with E-state index in [2.05, 4.69) is 10.0 Å². The van der Waals surface area contributed by atoms with E-state index in [1.54, 1.807) is 31.2 Å². The average Bonchev–Trinajstić information content (AvgIpc) is 2.61. The van der Waals surface area contributed by atoms with Gasteiger partial charge in [-0.15, -0.1) is 0 Å². The van der Waals surface area contributed by atoms with E-state index in [1.807, 2.05) is 6.92 Å². The second-order valence-corrected chi connectivity index (χ2v) is 7.90. The molecule has 1 amide bonds. The highest BCUT2D eigenvalue weighted by Gasteiger charge is 2.19. The first kappa shape index (κ1) is 20.2. The van der Waals surface area contributed by atoms with Crippen LogP contribution in [0.25, 0.3) is 0 Å². The molecule has 2 rings (SSSR count). The summed E-state index contributed by atoms with van der Waals surface area (Å²) in [5, 5.41) is 3.19. The van der Waals surface area contributed by atoms with Crippen LogP contribution in [0.2, 0.25) is 5.02 Å². The minimum atomic E-state index is -3.70. The first-order valence-electron chi connectivity index (χ1n) is 8.04. The van der Waals surface area contributed by atoms with Gasteiger partial charge in [-0.25, -0.2) is 13.1 Å². The molecule has 0 saturated heterocycles. The normalized spacial score (nSPS) is 12.5. The van der Waals surface area contributed by atoms with Crippen LogP contribution in [-0.4, -0.2) is 27.5 Å². The summed E-state index contributed by atoms with van der Waals surface area (Å²) in [4.78, 5) is 12.5. The second-order valence-electron chi connectivity index (χ2n) is 5.75. The number of hydrogen-bond donors (Lipinski definition) is 2. The molecular weight excluding hydrogens is 376 g/mol. The fourth-order valence-electron chi connectivity index (χ4n) is 2.16. The summed E-state index contributed by atoms with van der Waals surface area (Å²) in [5.74, 6) is -0.0424. The van der Waals surface area contributed by atoms with Crippen LogP contribution in [0.5, 0.6) is 5.75 Å². The largest absolute Gasteiger partial charge is 0.495 e. The van der Waals surface area contributed by atoms with Gasteiger partial charge in [-0.05, 0) is 55.8 Å². The third-order valence-corrected chi connectivity index (χ3v) is 5.64. The van der Waals surface area contributed by atoms with E-state index in [4.69, 9.17) is 16.3 Å². The van der Waals surface area contributed by atoms with Crippen LogP contribution in [0.1, 0.15) is 30.6 Å². The number of carbonyl (C=O) groups is 1. The van der Waals surface area contributed by atoms with Gasteiger partial charge < -0.3 is 10.1 Å². The van der Waals surface area contributed by atoms with Gasteiger partial charge in [0.05, 0.1) is 17.7 Å². The van der Waals surface area contributed by atoms with Crippen LogP contribution in [0.3, 0.4) is 0 Å². The molecule has 0 bridgehead atoms. The number of nitrogens with one attached hydrogen (secondary N) is 2. The molecule has 0 heterocycles. The van der Waals surface area contributed by atoms with Crippen molar-refractivity contribution in [3.05, 3.63) is 53.1 Å². The van der Waals surface area contributed by atoms with E-state index in [9.17, 15) is 13.2 Å². The molecule has 2 aromatic carbocycles. The van der Waals surface area contributed by atoms with Crippen LogP contribution in [0, 0.1) is 0 Å². The van der Waals surface area contributed by atoms with Crippen molar-refractivity contribution in [2.75, 3.05) is 12.4 Å². The molecule has 0 aliphatic carbocycles. The fourth-order valence-corrected chi connectivity index (χ4v) is 3.64. The Morgan fingerprint density at radius 1 is 1.19 bits per heavy atom. The molecule has 1 atom stereocenters. The van der Waals surface area contributed by atoms with E-state index in [0.29, 0.717) is 22.8 Å². The molecule has 0 fully saturated rings. The number of sulfonamides is 1. The minimum absolute atomic E-state index is 0.0463. The first-order chi connectivity index (χ1) is 12.3. The first-order valence-corrected chi connectivity index (χ1v) is 9.90.